The van der Waals surface area contributed by atoms with Crippen LogP contribution in [0.2, 0.25) is 0 Å². The molecule has 0 saturated heterocycles. The normalized spacial score (nSPS) is 41.5. The largest absolute Gasteiger partial charge is 0.463 e. The van der Waals surface area contributed by atoms with Crippen LogP contribution >= 0.6 is 0 Å². The van der Waals surface area contributed by atoms with Gasteiger partial charge in [-0.25, -0.2) is 4.98 Å². The Hall–Kier alpha value is -1.69. The molecule has 0 radical (unpaired) electrons. The second-order valence-corrected chi connectivity index (χ2v) is 10.5. The average Bonchev–Trinajstić information content (AvgIpc) is 3.31. The van der Waals surface area contributed by atoms with Crippen molar-refractivity contribution >= 4 is 5.97 Å². The topological polar surface area (TPSA) is 77.2 Å². The summed E-state index contributed by atoms with van der Waals surface area (Å²) >= 11 is 0. The summed E-state index contributed by atoms with van der Waals surface area (Å²) in [5.41, 5.74) is 1.65. The maximum Gasteiger partial charge on any atom is 0.302 e. The predicted molar refractivity (Wildman–Crippen MR) is 114 cm³/mol. The van der Waals surface area contributed by atoms with Gasteiger partial charge in [0, 0.05) is 20.1 Å². The summed E-state index contributed by atoms with van der Waals surface area (Å²) in [7, 11) is 0. The zero-order chi connectivity index (χ0) is 21.5. The van der Waals surface area contributed by atoms with Gasteiger partial charge >= 0.3 is 5.97 Å². The Morgan fingerprint density at radius 2 is 2.10 bits per heavy atom. The van der Waals surface area contributed by atoms with Gasteiger partial charge in [0.25, 0.3) is 0 Å². The molecule has 0 spiro atoms. The lowest BCUT2D eigenvalue weighted by atomic mass is 9.49. The Bertz CT molecular complexity index is 779. The quantitative estimate of drug-likeness (QED) is 0.581. The van der Waals surface area contributed by atoms with E-state index in [0.717, 1.165) is 38.6 Å². The number of aliphatic hydroxyl groups is 1. The van der Waals surface area contributed by atoms with Gasteiger partial charge in [0.1, 0.15) is 18.8 Å². The van der Waals surface area contributed by atoms with Gasteiger partial charge in [-0.2, -0.15) is 5.10 Å². The van der Waals surface area contributed by atoms with Crippen molar-refractivity contribution in [2.75, 3.05) is 6.61 Å². The van der Waals surface area contributed by atoms with Gasteiger partial charge in [-0.15, -0.1) is 0 Å². The minimum absolute atomic E-state index is 0.0297. The molecule has 1 N–H and O–H groups in total. The second kappa shape index (κ2) is 8.10. The van der Waals surface area contributed by atoms with E-state index in [4.69, 9.17) is 4.74 Å². The van der Waals surface area contributed by atoms with Crippen molar-refractivity contribution in [2.45, 2.75) is 78.4 Å². The van der Waals surface area contributed by atoms with Gasteiger partial charge in [0.15, 0.2) is 0 Å². The lowest BCUT2D eigenvalue weighted by Gasteiger charge is -2.56. The third kappa shape index (κ3) is 3.61. The van der Waals surface area contributed by atoms with Crippen LogP contribution in [0.1, 0.15) is 65.7 Å². The van der Waals surface area contributed by atoms with Crippen molar-refractivity contribution in [1.82, 2.24) is 14.8 Å². The van der Waals surface area contributed by atoms with E-state index in [1.54, 1.807) is 6.33 Å². The molecule has 0 amide bonds. The van der Waals surface area contributed by atoms with Gasteiger partial charge in [-0.05, 0) is 79.4 Å². The molecule has 7 atom stereocenters. The van der Waals surface area contributed by atoms with Crippen LogP contribution in [0.4, 0.5) is 0 Å². The SMILES string of the molecule is C=C1CC[C@H]2[C@H](Cn3cncn3)[C@@H]([C@@]3(C)CC[C@H](OC(C)=O)C[C@@H]3CO)CC[C@]12C. The van der Waals surface area contributed by atoms with E-state index in [2.05, 4.69) is 30.5 Å². The van der Waals surface area contributed by atoms with Gasteiger partial charge < -0.3 is 9.84 Å². The van der Waals surface area contributed by atoms with Crippen LogP contribution in [-0.4, -0.2) is 38.6 Å². The Labute approximate surface area is 180 Å². The molecule has 0 aliphatic heterocycles. The first kappa shape index (κ1) is 21.5. The van der Waals surface area contributed by atoms with E-state index in [0.29, 0.717) is 17.8 Å². The van der Waals surface area contributed by atoms with Crippen LogP contribution in [0.15, 0.2) is 24.8 Å². The number of aliphatic hydroxyl groups excluding tert-OH is 1. The molecule has 0 unspecified atom stereocenters. The van der Waals surface area contributed by atoms with Crippen molar-refractivity contribution < 1.29 is 14.6 Å². The number of ether oxygens (including phenoxy) is 1. The highest BCUT2D eigenvalue weighted by Gasteiger charge is 2.57. The Morgan fingerprint density at radius 1 is 1.30 bits per heavy atom. The highest BCUT2D eigenvalue weighted by Crippen LogP contribution is 2.63. The first-order chi connectivity index (χ1) is 14.3. The molecule has 3 aliphatic carbocycles. The number of carbonyl (C=O) groups excluding carboxylic acids is 1. The summed E-state index contributed by atoms with van der Waals surface area (Å²) in [5, 5.41) is 14.8. The van der Waals surface area contributed by atoms with Crippen molar-refractivity contribution in [3.63, 3.8) is 0 Å². The van der Waals surface area contributed by atoms with Crippen LogP contribution in [0.5, 0.6) is 0 Å². The van der Waals surface area contributed by atoms with Crippen molar-refractivity contribution in [1.29, 1.82) is 0 Å². The Balaban J connectivity index is 1.63. The number of rotatable bonds is 5. The summed E-state index contributed by atoms with van der Waals surface area (Å²) < 4.78 is 7.52. The highest BCUT2D eigenvalue weighted by atomic mass is 16.5. The molecule has 1 aromatic rings. The third-order valence-electron chi connectivity index (χ3n) is 9.14. The summed E-state index contributed by atoms with van der Waals surface area (Å²) in [6.45, 7) is 11.7. The van der Waals surface area contributed by atoms with Gasteiger partial charge in [-0.3, -0.25) is 9.48 Å². The molecule has 3 aliphatic rings. The molecule has 6 nitrogen and oxygen atoms in total. The lowest BCUT2D eigenvalue weighted by molar-refractivity contribution is -0.155. The number of hydrogen-bond donors (Lipinski definition) is 1. The van der Waals surface area contributed by atoms with Crippen LogP contribution in [-0.2, 0) is 16.1 Å². The zero-order valence-corrected chi connectivity index (χ0v) is 18.7. The van der Waals surface area contributed by atoms with Gasteiger partial charge in [-0.1, -0.05) is 26.0 Å². The average molecular weight is 416 g/mol. The molecular formula is C24H37N3O3. The number of allylic oxidation sites excluding steroid dienone is 1. The molecule has 1 aromatic heterocycles. The molecule has 3 saturated carbocycles. The molecule has 30 heavy (non-hydrogen) atoms. The molecular weight excluding hydrogens is 378 g/mol. The maximum absolute atomic E-state index is 11.5. The summed E-state index contributed by atoms with van der Waals surface area (Å²) in [6, 6.07) is 0. The lowest BCUT2D eigenvalue weighted by Crippen LogP contribution is -2.52. The molecule has 6 heteroatoms. The van der Waals surface area contributed by atoms with Gasteiger partial charge in [0.2, 0.25) is 0 Å². The molecule has 1 heterocycles. The van der Waals surface area contributed by atoms with E-state index < -0.39 is 0 Å². The van der Waals surface area contributed by atoms with E-state index in [-0.39, 0.29) is 35.4 Å². The minimum atomic E-state index is -0.220. The first-order valence-electron chi connectivity index (χ1n) is 11.6. The number of hydrogen-bond acceptors (Lipinski definition) is 5. The highest BCUT2D eigenvalue weighted by molar-refractivity contribution is 5.66. The summed E-state index contributed by atoms with van der Waals surface area (Å²) in [4.78, 5) is 15.7. The standard InChI is InChI=1S/C24H37N3O3/c1-16-5-6-21-20(12-27-15-25-14-26-27)22(8-10-23(16,21)3)24(4)9-7-19(30-17(2)29)11-18(24)13-28/h14-15,18-22,28H,1,5-13H2,2-4H3/t18-,19+,20+,21+,22+,23-,24+/m1/s1. The fourth-order valence-corrected chi connectivity index (χ4v) is 7.30. The molecule has 4 rings (SSSR count). The third-order valence-corrected chi connectivity index (χ3v) is 9.14. The maximum atomic E-state index is 11.5. The van der Waals surface area contributed by atoms with Crippen molar-refractivity contribution in [2.24, 2.45) is 34.5 Å². The van der Waals surface area contributed by atoms with Crippen LogP contribution in [0, 0.1) is 34.5 Å². The van der Waals surface area contributed by atoms with E-state index >= 15 is 0 Å². The van der Waals surface area contributed by atoms with Crippen molar-refractivity contribution in [3.8, 4) is 0 Å². The predicted octanol–water partition coefficient (Wildman–Crippen LogP) is 4.01. The van der Waals surface area contributed by atoms with Gasteiger partial charge in [0.05, 0.1) is 0 Å². The molecule has 3 fully saturated rings. The second-order valence-electron chi connectivity index (χ2n) is 10.5. The zero-order valence-electron chi connectivity index (χ0n) is 18.7. The van der Waals surface area contributed by atoms with E-state index in [1.807, 2.05) is 11.0 Å². The van der Waals surface area contributed by atoms with E-state index in [1.165, 1.54) is 25.3 Å². The first-order valence-corrected chi connectivity index (χ1v) is 11.6. The monoisotopic (exact) mass is 415 g/mol. The fraction of sp³-hybridized carbons (Fsp3) is 0.792. The summed E-state index contributed by atoms with van der Waals surface area (Å²) in [6.07, 6.45) is 10.6. The summed E-state index contributed by atoms with van der Waals surface area (Å²) in [5.74, 6) is 1.50. The van der Waals surface area contributed by atoms with Crippen molar-refractivity contribution in [3.05, 3.63) is 24.8 Å². The van der Waals surface area contributed by atoms with Crippen LogP contribution in [0.25, 0.3) is 0 Å². The number of aromatic nitrogens is 3. The number of carbonyl (C=O) groups is 1. The number of fused-ring (bicyclic) bond motifs is 1. The van der Waals surface area contributed by atoms with Crippen LogP contribution < -0.4 is 0 Å². The van der Waals surface area contributed by atoms with E-state index in [9.17, 15) is 9.90 Å². The Morgan fingerprint density at radius 3 is 2.77 bits per heavy atom. The Kier molecular flexibility index (Phi) is 5.82. The molecule has 166 valence electrons. The molecule has 0 aromatic carbocycles. The smallest absolute Gasteiger partial charge is 0.302 e. The van der Waals surface area contributed by atoms with Crippen LogP contribution in [0.3, 0.4) is 0 Å². The number of nitrogens with zero attached hydrogens (tertiary/aromatic N) is 3. The minimum Gasteiger partial charge on any atom is -0.463 e. The number of esters is 1. The fourth-order valence-electron chi connectivity index (χ4n) is 7.30. The molecule has 0 bridgehead atoms.